The van der Waals surface area contributed by atoms with Gasteiger partial charge >= 0.3 is 0 Å². The lowest BCUT2D eigenvalue weighted by atomic mass is 9.59. The molecule has 3 aromatic carbocycles. The van der Waals surface area contributed by atoms with Crippen molar-refractivity contribution in [2.24, 2.45) is 5.92 Å². The number of fused-ring (bicyclic) bond motifs is 1. The van der Waals surface area contributed by atoms with Gasteiger partial charge in [-0.1, -0.05) is 60.1 Å². The third-order valence-electron chi connectivity index (χ3n) is 7.48. The van der Waals surface area contributed by atoms with Crippen LogP contribution in [0, 0.1) is 5.92 Å². The summed E-state index contributed by atoms with van der Waals surface area (Å²) in [5.41, 5.74) is 7.60. The molecule has 1 saturated heterocycles. The van der Waals surface area contributed by atoms with E-state index < -0.39 is 0 Å². The van der Waals surface area contributed by atoms with Crippen molar-refractivity contribution >= 4 is 17.3 Å². The second-order valence-corrected chi connectivity index (χ2v) is 9.48. The van der Waals surface area contributed by atoms with E-state index in [9.17, 15) is 0 Å². The van der Waals surface area contributed by atoms with Gasteiger partial charge in [-0.2, -0.15) is 0 Å². The molecule has 0 amide bonds. The molecule has 1 unspecified atom stereocenters. The fraction of sp³-hybridized carbons (Fsp3) is 0.333. The van der Waals surface area contributed by atoms with Crippen molar-refractivity contribution in [1.29, 1.82) is 0 Å². The monoisotopic (exact) mass is 414 g/mol. The highest BCUT2D eigenvalue weighted by molar-refractivity contribution is 6.30. The molecule has 0 radical (unpaired) electrons. The van der Waals surface area contributed by atoms with Crippen molar-refractivity contribution in [1.82, 2.24) is 4.90 Å². The van der Waals surface area contributed by atoms with Crippen molar-refractivity contribution in [3.8, 4) is 0 Å². The molecule has 4 aliphatic rings. The second-order valence-electron chi connectivity index (χ2n) is 9.05. The van der Waals surface area contributed by atoms with Gasteiger partial charge in [0.05, 0.1) is 0 Å². The average molecular weight is 415 g/mol. The molecule has 0 aromatic heterocycles. The van der Waals surface area contributed by atoms with Gasteiger partial charge < -0.3 is 4.90 Å². The van der Waals surface area contributed by atoms with Crippen LogP contribution in [0.15, 0.2) is 72.8 Å². The van der Waals surface area contributed by atoms with Crippen molar-refractivity contribution in [3.63, 3.8) is 0 Å². The Kier molecular flexibility index (Phi) is 4.58. The number of halogens is 1. The molecule has 0 saturated carbocycles. The smallest absolute Gasteiger partial charge is 0.0407 e. The summed E-state index contributed by atoms with van der Waals surface area (Å²) in [4.78, 5) is 5.19. The van der Waals surface area contributed by atoms with E-state index in [1.165, 1.54) is 18.7 Å². The first-order valence-corrected chi connectivity index (χ1v) is 11.6. The lowest BCUT2D eigenvalue weighted by Gasteiger charge is -2.47. The van der Waals surface area contributed by atoms with E-state index >= 15 is 0 Å². The van der Waals surface area contributed by atoms with Gasteiger partial charge in [-0.15, -0.1) is 0 Å². The van der Waals surface area contributed by atoms with Gasteiger partial charge in [-0.05, 0) is 58.9 Å². The first-order valence-electron chi connectivity index (χ1n) is 11.2. The van der Waals surface area contributed by atoms with Crippen molar-refractivity contribution in [2.45, 2.75) is 18.3 Å². The van der Waals surface area contributed by atoms with Gasteiger partial charge in [0, 0.05) is 55.3 Å². The van der Waals surface area contributed by atoms with Gasteiger partial charge in [0.2, 0.25) is 0 Å². The van der Waals surface area contributed by atoms with Crippen LogP contribution in [0.4, 0.5) is 5.69 Å². The molecule has 0 N–H and O–H groups in total. The van der Waals surface area contributed by atoms with Crippen LogP contribution in [0.1, 0.15) is 40.5 Å². The van der Waals surface area contributed by atoms with Crippen LogP contribution in [0.25, 0.3) is 0 Å². The molecular formula is C27H27ClN2. The summed E-state index contributed by atoms with van der Waals surface area (Å²) < 4.78 is 0. The minimum Gasteiger partial charge on any atom is -0.369 e. The Bertz CT molecular complexity index is 1000. The Morgan fingerprint density at radius 1 is 0.700 bits per heavy atom. The standard InChI is InChI=1S/C27H27ClN2/c28-20-9-11-21(12-10-20)30-15-13-29(14-16-30)18-19-17-26-22-5-1-3-7-24(22)27(19)25-8-4-2-6-23(25)26/h1-12,19,26-27H,13-18H2. The molecule has 0 spiro atoms. The fourth-order valence-corrected chi connectivity index (χ4v) is 6.24. The zero-order valence-electron chi connectivity index (χ0n) is 17.2. The van der Waals surface area contributed by atoms with E-state index in [0.29, 0.717) is 17.8 Å². The Labute approximate surface area is 184 Å². The summed E-state index contributed by atoms with van der Waals surface area (Å²) in [5, 5.41) is 0.810. The molecule has 1 atom stereocenters. The summed E-state index contributed by atoms with van der Waals surface area (Å²) in [6, 6.07) is 26.7. The van der Waals surface area contributed by atoms with E-state index in [2.05, 4.69) is 70.5 Å². The molecular weight excluding hydrogens is 388 g/mol. The zero-order valence-corrected chi connectivity index (χ0v) is 17.9. The maximum Gasteiger partial charge on any atom is 0.0407 e. The third kappa shape index (κ3) is 3.05. The quantitative estimate of drug-likeness (QED) is 0.537. The van der Waals surface area contributed by atoms with Crippen molar-refractivity contribution in [2.75, 3.05) is 37.6 Å². The van der Waals surface area contributed by atoms with Crippen LogP contribution >= 0.6 is 11.6 Å². The number of hydrogen-bond donors (Lipinski definition) is 0. The lowest BCUT2D eigenvalue weighted by molar-refractivity contribution is 0.189. The van der Waals surface area contributed by atoms with Crippen molar-refractivity contribution in [3.05, 3.63) is 100 Å². The first kappa shape index (κ1) is 18.5. The fourth-order valence-electron chi connectivity index (χ4n) is 6.11. The van der Waals surface area contributed by atoms with E-state index in [1.54, 1.807) is 22.3 Å². The minimum absolute atomic E-state index is 0.552. The van der Waals surface area contributed by atoms with Gasteiger partial charge in [-0.3, -0.25) is 4.90 Å². The summed E-state index contributed by atoms with van der Waals surface area (Å²) in [6.45, 7) is 5.67. The molecule has 3 heteroatoms. The predicted molar refractivity (Wildman–Crippen MR) is 125 cm³/mol. The summed E-state index contributed by atoms with van der Waals surface area (Å²) in [5.74, 6) is 1.83. The van der Waals surface area contributed by atoms with E-state index in [1.807, 2.05) is 12.1 Å². The molecule has 7 rings (SSSR count). The Hall–Kier alpha value is -2.29. The van der Waals surface area contributed by atoms with Gasteiger partial charge in [0.15, 0.2) is 0 Å². The Morgan fingerprint density at radius 3 is 1.87 bits per heavy atom. The minimum atomic E-state index is 0.552. The molecule has 3 aromatic rings. The Morgan fingerprint density at radius 2 is 1.27 bits per heavy atom. The maximum atomic E-state index is 6.06. The number of piperazine rings is 1. The van der Waals surface area contributed by atoms with Crippen LogP contribution in [-0.2, 0) is 0 Å². The normalized spacial score (nSPS) is 25.1. The van der Waals surface area contributed by atoms with Gasteiger partial charge in [-0.25, -0.2) is 0 Å². The average Bonchev–Trinajstić information content (AvgIpc) is 2.80. The predicted octanol–water partition coefficient (Wildman–Crippen LogP) is 5.76. The molecule has 1 heterocycles. The van der Waals surface area contributed by atoms with Crippen LogP contribution in [0.2, 0.25) is 5.02 Å². The van der Waals surface area contributed by atoms with Crippen molar-refractivity contribution < 1.29 is 0 Å². The molecule has 2 bridgehead atoms. The summed E-state index contributed by atoms with van der Waals surface area (Å²) in [6.07, 6.45) is 1.29. The molecule has 152 valence electrons. The largest absolute Gasteiger partial charge is 0.369 e. The first-order chi connectivity index (χ1) is 14.8. The summed E-state index contributed by atoms with van der Waals surface area (Å²) in [7, 11) is 0. The molecule has 1 aliphatic heterocycles. The highest BCUT2D eigenvalue weighted by Gasteiger charge is 2.43. The number of benzene rings is 3. The molecule has 3 aliphatic carbocycles. The zero-order chi connectivity index (χ0) is 20.1. The second kappa shape index (κ2) is 7.44. The highest BCUT2D eigenvalue weighted by atomic mass is 35.5. The molecule has 30 heavy (non-hydrogen) atoms. The lowest BCUT2D eigenvalue weighted by Crippen LogP contribution is -2.49. The van der Waals surface area contributed by atoms with E-state index in [4.69, 9.17) is 11.6 Å². The van der Waals surface area contributed by atoms with Crippen LogP contribution in [-0.4, -0.2) is 37.6 Å². The molecule has 1 fully saturated rings. The highest BCUT2D eigenvalue weighted by Crippen LogP contribution is 2.55. The van der Waals surface area contributed by atoms with Gasteiger partial charge in [0.1, 0.15) is 0 Å². The van der Waals surface area contributed by atoms with Gasteiger partial charge in [0.25, 0.3) is 0 Å². The molecule has 2 nitrogen and oxygen atoms in total. The SMILES string of the molecule is Clc1ccc(N2CCN(CC3CC4c5ccccc5C3c3ccccc34)CC2)cc1. The summed E-state index contributed by atoms with van der Waals surface area (Å²) >= 11 is 6.06. The Balaban J connectivity index is 1.20. The number of rotatable bonds is 3. The number of hydrogen-bond acceptors (Lipinski definition) is 2. The van der Waals surface area contributed by atoms with Crippen LogP contribution < -0.4 is 4.90 Å². The van der Waals surface area contributed by atoms with Crippen LogP contribution in [0.5, 0.6) is 0 Å². The third-order valence-corrected chi connectivity index (χ3v) is 7.73. The van der Waals surface area contributed by atoms with Crippen LogP contribution in [0.3, 0.4) is 0 Å². The number of anilines is 1. The number of nitrogens with zero attached hydrogens (tertiary/aromatic N) is 2. The van der Waals surface area contributed by atoms with E-state index in [0.717, 1.165) is 31.2 Å². The topological polar surface area (TPSA) is 6.48 Å². The van der Waals surface area contributed by atoms with E-state index in [-0.39, 0.29) is 0 Å². The maximum absolute atomic E-state index is 6.06.